The summed E-state index contributed by atoms with van der Waals surface area (Å²) in [5.74, 6) is 1.61. The third-order valence-corrected chi connectivity index (χ3v) is 5.08. The molecule has 2 heteroatoms. The lowest BCUT2D eigenvalue weighted by Gasteiger charge is -2.38. The first-order valence-electron chi connectivity index (χ1n) is 8.69. The molecule has 1 aliphatic carbocycles. The average Bonchev–Trinajstić information content (AvgIpc) is 2.63. The normalized spacial score (nSPS) is 26.1. The number of rotatable bonds is 8. The van der Waals surface area contributed by atoms with E-state index >= 15 is 0 Å². The Morgan fingerprint density at radius 3 is 1.95 bits per heavy atom. The van der Waals surface area contributed by atoms with Crippen LogP contribution < -0.4 is 5.32 Å². The number of hydrogen-bond acceptors (Lipinski definition) is 2. The Balaban J connectivity index is 2.70. The van der Waals surface area contributed by atoms with Crippen LogP contribution >= 0.6 is 0 Å². The molecule has 0 aliphatic heterocycles. The number of nitrogens with one attached hydrogen (secondary N) is 1. The molecule has 0 aromatic heterocycles. The van der Waals surface area contributed by atoms with Crippen LogP contribution in [-0.2, 0) is 0 Å². The summed E-state index contributed by atoms with van der Waals surface area (Å²) < 4.78 is 0. The van der Waals surface area contributed by atoms with E-state index in [1.54, 1.807) is 0 Å². The van der Waals surface area contributed by atoms with Crippen molar-refractivity contribution < 1.29 is 0 Å². The van der Waals surface area contributed by atoms with Crippen LogP contribution in [0.15, 0.2) is 0 Å². The second kappa shape index (κ2) is 7.79. The Morgan fingerprint density at radius 1 is 1.05 bits per heavy atom. The van der Waals surface area contributed by atoms with E-state index in [2.05, 4.69) is 58.8 Å². The molecule has 2 atom stereocenters. The second-order valence-corrected chi connectivity index (χ2v) is 8.26. The number of nitrogens with zero attached hydrogens (tertiary/aromatic N) is 1. The van der Waals surface area contributed by atoms with Crippen LogP contribution in [-0.4, -0.2) is 37.1 Å². The summed E-state index contributed by atoms with van der Waals surface area (Å²) in [6.07, 6.45) is 5.36. The van der Waals surface area contributed by atoms with Crippen molar-refractivity contribution in [1.82, 2.24) is 10.2 Å². The monoisotopic (exact) mass is 282 g/mol. The predicted molar refractivity (Wildman–Crippen MR) is 90.1 cm³/mol. The van der Waals surface area contributed by atoms with E-state index in [-0.39, 0.29) is 0 Å². The summed E-state index contributed by atoms with van der Waals surface area (Å²) in [7, 11) is 2.15. The second-order valence-electron chi connectivity index (χ2n) is 8.26. The van der Waals surface area contributed by atoms with Gasteiger partial charge in [0.15, 0.2) is 0 Å². The molecular formula is C18H38N2. The van der Waals surface area contributed by atoms with Crippen molar-refractivity contribution in [2.24, 2.45) is 17.3 Å². The first-order valence-corrected chi connectivity index (χ1v) is 8.69. The zero-order valence-electron chi connectivity index (χ0n) is 15.0. The molecule has 1 fully saturated rings. The van der Waals surface area contributed by atoms with Crippen LogP contribution in [0.4, 0.5) is 0 Å². The van der Waals surface area contributed by atoms with Gasteiger partial charge in [-0.25, -0.2) is 0 Å². The van der Waals surface area contributed by atoms with Crippen molar-refractivity contribution in [3.63, 3.8) is 0 Å². The predicted octanol–water partition coefficient (Wildman–Crippen LogP) is 4.16. The number of hydrogen-bond donors (Lipinski definition) is 1. The summed E-state index contributed by atoms with van der Waals surface area (Å²) in [5.41, 5.74) is 0.438. The standard InChI is InChI=1S/C18H38N2/c1-14(2)9-12-20(13-10-15(3)4)16-8-11-18(5,6)17(16)19-7/h14-17,19H,8-13H2,1-7H3. The van der Waals surface area contributed by atoms with Crippen LogP contribution in [0.25, 0.3) is 0 Å². The van der Waals surface area contributed by atoms with Crippen molar-refractivity contribution in [2.45, 2.75) is 79.3 Å². The maximum atomic E-state index is 3.62. The van der Waals surface area contributed by atoms with E-state index in [0.29, 0.717) is 11.5 Å². The fourth-order valence-electron chi connectivity index (χ4n) is 3.63. The summed E-state index contributed by atoms with van der Waals surface area (Å²) in [6.45, 7) is 16.8. The van der Waals surface area contributed by atoms with Crippen molar-refractivity contribution in [2.75, 3.05) is 20.1 Å². The summed E-state index contributed by atoms with van der Waals surface area (Å²) >= 11 is 0. The average molecular weight is 283 g/mol. The molecule has 0 radical (unpaired) electrons. The van der Waals surface area contributed by atoms with Gasteiger partial charge in [-0.2, -0.15) is 0 Å². The van der Waals surface area contributed by atoms with Crippen LogP contribution in [0.3, 0.4) is 0 Å². The minimum Gasteiger partial charge on any atom is -0.315 e. The summed E-state index contributed by atoms with van der Waals surface area (Å²) in [4.78, 5) is 2.79. The van der Waals surface area contributed by atoms with E-state index in [9.17, 15) is 0 Å². The molecule has 0 spiro atoms. The maximum absolute atomic E-state index is 3.62. The summed E-state index contributed by atoms with van der Waals surface area (Å²) in [5, 5.41) is 3.62. The van der Waals surface area contributed by atoms with Gasteiger partial charge >= 0.3 is 0 Å². The van der Waals surface area contributed by atoms with E-state index in [1.165, 1.54) is 38.8 Å². The van der Waals surface area contributed by atoms with Crippen LogP contribution in [0.1, 0.15) is 67.2 Å². The van der Waals surface area contributed by atoms with Gasteiger partial charge < -0.3 is 5.32 Å². The smallest absolute Gasteiger partial charge is 0.0271 e. The highest BCUT2D eigenvalue weighted by molar-refractivity contribution is 5.00. The van der Waals surface area contributed by atoms with Crippen LogP contribution in [0.2, 0.25) is 0 Å². The first kappa shape index (κ1) is 18.0. The van der Waals surface area contributed by atoms with Gasteiger partial charge in [0, 0.05) is 12.1 Å². The lowest BCUT2D eigenvalue weighted by atomic mass is 9.86. The van der Waals surface area contributed by atoms with E-state index in [1.807, 2.05) is 0 Å². The Hall–Kier alpha value is -0.0800. The van der Waals surface area contributed by atoms with E-state index in [4.69, 9.17) is 0 Å². The molecule has 1 aliphatic rings. The molecule has 0 saturated heterocycles. The lowest BCUT2D eigenvalue weighted by Crippen LogP contribution is -2.51. The van der Waals surface area contributed by atoms with Crippen molar-refractivity contribution in [3.8, 4) is 0 Å². The van der Waals surface area contributed by atoms with E-state index < -0.39 is 0 Å². The molecule has 0 amide bonds. The van der Waals surface area contributed by atoms with Gasteiger partial charge in [0.2, 0.25) is 0 Å². The van der Waals surface area contributed by atoms with Crippen LogP contribution in [0.5, 0.6) is 0 Å². The topological polar surface area (TPSA) is 15.3 Å². The van der Waals surface area contributed by atoms with Gasteiger partial charge in [-0.3, -0.25) is 4.90 Å². The third-order valence-electron chi connectivity index (χ3n) is 5.08. The third kappa shape index (κ3) is 5.04. The van der Waals surface area contributed by atoms with Gasteiger partial charge in [-0.15, -0.1) is 0 Å². The van der Waals surface area contributed by atoms with Gasteiger partial charge in [-0.05, 0) is 63.1 Å². The van der Waals surface area contributed by atoms with Gasteiger partial charge in [0.05, 0.1) is 0 Å². The first-order chi connectivity index (χ1) is 9.27. The highest BCUT2D eigenvalue weighted by Crippen LogP contribution is 2.40. The molecule has 20 heavy (non-hydrogen) atoms. The quantitative estimate of drug-likeness (QED) is 0.719. The highest BCUT2D eigenvalue weighted by atomic mass is 15.2. The Kier molecular flexibility index (Phi) is 7.00. The molecule has 2 nitrogen and oxygen atoms in total. The Morgan fingerprint density at radius 2 is 1.55 bits per heavy atom. The minimum absolute atomic E-state index is 0.438. The molecule has 0 bridgehead atoms. The fraction of sp³-hybridized carbons (Fsp3) is 1.00. The maximum Gasteiger partial charge on any atom is 0.0271 e. The Labute approximate surface area is 127 Å². The van der Waals surface area contributed by atoms with Gasteiger partial charge in [-0.1, -0.05) is 41.5 Å². The van der Waals surface area contributed by atoms with Crippen molar-refractivity contribution >= 4 is 0 Å². The van der Waals surface area contributed by atoms with Crippen molar-refractivity contribution in [3.05, 3.63) is 0 Å². The van der Waals surface area contributed by atoms with E-state index in [0.717, 1.165) is 17.9 Å². The Bertz CT molecular complexity index is 259. The van der Waals surface area contributed by atoms with Crippen LogP contribution in [0, 0.1) is 17.3 Å². The highest BCUT2D eigenvalue weighted by Gasteiger charge is 2.43. The molecule has 120 valence electrons. The number of likely N-dealkylation sites (N-methyl/N-ethyl adjacent to an activating group) is 1. The lowest BCUT2D eigenvalue weighted by molar-refractivity contribution is 0.136. The van der Waals surface area contributed by atoms with Gasteiger partial charge in [0.1, 0.15) is 0 Å². The molecule has 1 saturated carbocycles. The van der Waals surface area contributed by atoms with Gasteiger partial charge in [0.25, 0.3) is 0 Å². The summed E-state index contributed by atoms with van der Waals surface area (Å²) in [6, 6.07) is 1.37. The molecule has 2 unspecified atom stereocenters. The molecule has 0 aromatic rings. The molecular weight excluding hydrogens is 244 g/mol. The molecule has 0 aromatic carbocycles. The SMILES string of the molecule is CNC1C(N(CCC(C)C)CCC(C)C)CCC1(C)C. The molecule has 1 rings (SSSR count). The zero-order chi connectivity index (χ0) is 15.3. The minimum atomic E-state index is 0.438. The fourth-order valence-corrected chi connectivity index (χ4v) is 3.63. The molecule has 0 heterocycles. The largest absolute Gasteiger partial charge is 0.315 e. The molecule has 1 N–H and O–H groups in total. The van der Waals surface area contributed by atoms with Crippen molar-refractivity contribution in [1.29, 1.82) is 0 Å². The zero-order valence-corrected chi connectivity index (χ0v) is 15.0.